The molecule has 10 heteroatoms. The van der Waals surface area contributed by atoms with Gasteiger partial charge in [0.15, 0.2) is 0 Å². The van der Waals surface area contributed by atoms with Crippen molar-refractivity contribution in [2.24, 2.45) is 0 Å². The zero-order valence-electron chi connectivity index (χ0n) is 15.3. The van der Waals surface area contributed by atoms with Crippen LogP contribution in [0, 0.1) is 0 Å². The van der Waals surface area contributed by atoms with Gasteiger partial charge in [-0.15, -0.1) is 0 Å². The fourth-order valence-corrected chi connectivity index (χ4v) is 3.29. The summed E-state index contributed by atoms with van der Waals surface area (Å²) in [5.74, 6) is -0.719. The number of halogens is 3. The largest absolute Gasteiger partial charge is 0.507 e. The normalized spacial score (nSPS) is 17.1. The average molecular weight is 398 g/mol. The van der Waals surface area contributed by atoms with Crippen LogP contribution in [-0.2, 0) is 25.7 Å². The van der Waals surface area contributed by atoms with Crippen LogP contribution in [0.25, 0.3) is 0 Å². The molecule has 1 aromatic heterocycles. The number of aromatic hydroxyl groups is 1. The number of benzene rings is 1. The highest BCUT2D eigenvalue weighted by Gasteiger charge is 2.32. The van der Waals surface area contributed by atoms with Gasteiger partial charge in [-0.25, -0.2) is 9.48 Å². The summed E-state index contributed by atoms with van der Waals surface area (Å²) in [4.78, 5) is 24.7. The summed E-state index contributed by atoms with van der Waals surface area (Å²) < 4.78 is 41.1. The number of hydrogen-bond acceptors (Lipinski definition) is 4. The van der Waals surface area contributed by atoms with E-state index in [1.807, 2.05) is 6.92 Å². The molecule has 0 fully saturated rings. The van der Waals surface area contributed by atoms with Gasteiger partial charge >= 0.3 is 11.9 Å². The molecule has 152 valence electrons. The Bertz CT molecular complexity index is 933. The number of amides is 1. The Balaban J connectivity index is 1.68. The van der Waals surface area contributed by atoms with Crippen molar-refractivity contribution in [2.45, 2.75) is 57.9 Å². The van der Waals surface area contributed by atoms with Gasteiger partial charge in [-0.3, -0.25) is 9.36 Å². The van der Waals surface area contributed by atoms with Crippen molar-refractivity contribution in [3.8, 4) is 5.75 Å². The summed E-state index contributed by atoms with van der Waals surface area (Å²) in [6.07, 6.45) is -2.28. The van der Waals surface area contributed by atoms with E-state index in [9.17, 15) is 27.9 Å². The van der Waals surface area contributed by atoms with E-state index in [1.165, 1.54) is 4.68 Å². The number of alkyl halides is 3. The summed E-state index contributed by atoms with van der Waals surface area (Å²) in [6.45, 7) is 2.90. The van der Waals surface area contributed by atoms with Gasteiger partial charge in [-0.05, 0) is 37.5 Å². The highest BCUT2D eigenvalue weighted by Crippen LogP contribution is 2.32. The molecule has 0 spiro atoms. The van der Waals surface area contributed by atoms with Crippen molar-refractivity contribution in [1.29, 1.82) is 0 Å². The van der Waals surface area contributed by atoms with E-state index in [0.717, 1.165) is 18.6 Å². The first-order valence-electron chi connectivity index (χ1n) is 9.08. The highest BCUT2D eigenvalue weighted by molar-refractivity contribution is 5.97. The molecule has 0 saturated heterocycles. The maximum atomic E-state index is 12.7. The predicted molar refractivity (Wildman–Crippen MR) is 94.1 cm³/mol. The number of carbonyl (C=O) groups excluding carboxylic acids is 1. The van der Waals surface area contributed by atoms with Crippen LogP contribution < -0.4 is 11.0 Å². The topological polar surface area (TPSA) is 89.2 Å². The predicted octanol–water partition coefficient (Wildman–Crippen LogP) is 2.31. The average Bonchev–Trinajstić information content (AvgIpc) is 2.79. The van der Waals surface area contributed by atoms with Crippen LogP contribution in [0.1, 0.15) is 47.9 Å². The fraction of sp³-hybridized carbons (Fsp3) is 0.500. The molecule has 28 heavy (non-hydrogen) atoms. The molecule has 1 atom stereocenters. The lowest BCUT2D eigenvalue weighted by Gasteiger charge is -2.17. The molecule has 1 aliphatic rings. The fourth-order valence-electron chi connectivity index (χ4n) is 3.29. The summed E-state index contributed by atoms with van der Waals surface area (Å²) in [6, 6.07) is 1.97. The molecule has 0 bridgehead atoms. The van der Waals surface area contributed by atoms with E-state index in [4.69, 9.17) is 0 Å². The summed E-state index contributed by atoms with van der Waals surface area (Å²) >= 11 is 0. The first-order valence-corrected chi connectivity index (χ1v) is 9.08. The SMILES string of the molecule is CCCn1nc2n(c1=O)CCC(NC(=O)c1ccc(C(F)(F)F)cc1O)CC2. The number of hydrogen-bond donors (Lipinski definition) is 2. The molecule has 1 aromatic carbocycles. The van der Waals surface area contributed by atoms with Gasteiger partial charge in [0.25, 0.3) is 5.91 Å². The second-order valence-electron chi connectivity index (χ2n) is 6.80. The summed E-state index contributed by atoms with van der Waals surface area (Å²) in [7, 11) is 0. The van der Waals surface area contributed by atoms with Crippen LogP contribution in [0.4, 0.5) is 13.2 Å². The molecule has 0 saturated carbocycles. The van der Waals surface area contributed by atoms with Crippen LogP contribution in [0.2, 0.25) is 0 Å². The molecule has 1 unspecified atom stereocenters. The number of fused-ring (bicyclic) bond motifs is 1. The zero-order valence-corrected chi connectivity index (χ0v) is 15.3. The number of carbonyl (C=O) groups is 1. The second kappa shape index (κ2) is 7.69. The molecule has 1 amide bonds. The third-order valence-corrected chi connectivity index (χ3v) is 4.76. The van der Waals surface area contributed by atoms with Gasteiger partial charge in [0.05, 0.1) is 11.1 Å². The quantitative estimate of drug-likeness (QED) is 0.827. The highest BCUT2D eigenvalue weighted by atomic mass is 19.4. The minimum absolute atomic E-state index is 0.177. The first kappa shape index (κ1) is 20.0. The van der Waals surface area contributed by atoms with Crippen molar-refractivity contribution >= 4 is 5.91 Å². The van der Waals surface area contributed by atoms with E-state index >= 15 is 0 Å². The smallest absolute Gasteiger partial charge is 0.416 e. The molecule has 7 nitrogen and oxygen atoms in total. The third-order valence-electron chi connectivity index (χ3n) is 4.76. The third kappa shape index (κ3) is 4.05. The molecule has 2 aromatic rings. The van der Waals surface area contributed by atoms with Gasteiger partial charge in [-0.2, -0.15) is 18.3 Å². The number of phenols is 1. The Labute approximate surface area is 158 Å². The Kier molecular flexibility index (Phi) is 5.48. The Morgan fingerprint density at radius 1 is 1.36 bits per heavy atom. The summed E-state index contributed by atoms with van der Waals surface area (Å²) in [5, 5.41) is 16.9. The minimum Gasteiger partial charge on any atom is -0.507 e. The lowest BCUT2D eigenvalue weighted by Crippen LogP contribution is -2.36. The molecular weight excluding hydrogens is 377 g/mol. The Hall–Kier alpha value is -2.78. The standard InChI is InChI=1S/C18H21F3N4O3/c1-2-8-25-17(28)24-9-7-12(4-6-15(24)23-25)22-16(27)13-5-3-11(10-14(13)26)18(19,20)21/h3,5,10,12,26H,2,4,6-9H2,1H3,(H,22,27). The molecular formula is C18H21F3N4O3. The maximum Gasteiger partial charge on any atom is 0.416 e. The van der Waals surface area contributed by atoms with E-state index in [0.29, 0.717) is 44.2 Å². The van der Waals surface area contributed by atoms with Crippen molar-refractivity contribution < 1.29 is 23.1 Å². The number of phenolic OH excluding ortho intramolecular Hbond substituents is 1. The Morgan fingerprint density at radius 2 is 2.11 bits per heavy atom. The number of nitrogens with zero attached hydrogens (tertiary/aromatic N) is 3. The molecule has 0 radical (unpaired) electrons. The molecule has 2 N–H and O–H groups in total. The van der Waals surface area contributed by atoms with Crippen LogP contribution in [0.15, 0.2) is 23.0 Å². The first-order chi connectivity index (χ1) is 13.2. The lowest BCUT2D eigenvalue weighted by molar-refractivity contribution is -0.137. The van der Waals surface area contributed by atoms with Crippen LogP contribution >= 0.6 is 0 Å². The van der Waals surface area contributed by atoms with Crippen molar-refractivity contribution in [2.75, 3.05) is 0 Å². The molecule has 3 rings (SSSR count). The number of aryl methyl sites for hydroxylation is 2. The van der Waals surface area contributed by atoms with Gasteiger partial charge < -0.3 is 10.4 Å². The van der Waals surface area contributed by atoms with Crippen LogP contribution in [-0.4, -0.2) is 31.4 Å². The van der Waals surface area contributed by atoms with Crippen molar-refractivity contribution in [3.05, 3.63) is 45.6 Å². The molecule has 2 heterocycles. The maximum absolute atomic E-state index is 12.7. The van der Waals surface area contributed by atoms with E-state index in [1.54, 1.807) is 4.57 Å². The number of rotatable bonds is 4. The van der Waals surface area contributed by atoms with Gasteiger partial charge in [-0.1, -0.05) is 6.92 Å². The minimum atomic E-state index is -4.60. The Morgan fingerprint density at radius 3 is 2.75 bits per heavy atom. The molecule has 0 aliphatic carbocycles. The monoisotopic (exact) mass is 398 g/mol. The van der Waals surface area contributed by atoms with Crippen molar-refractivity contribution in [3.63, 3.8) is 0 Å². The van der Waals surface area contributed by atoms with Gasteiger partial charge in [0.1, 0.15) is 11.6 Å². The van der Waals surface area contributed by atoms with E-state index in [-0.39, 0.29) is 17.3 Å². The number of aromatic nitrogens is 3. The van der Waals surface area contributed by atoms with E-state index < -0.39 is 23.4 Å². The van der Waals surface area contributed by atoms with Gasteiger partial charge in [0, 0.05) is 25.6 Å². The van der Waals surface area contributed by atoms with Crippen LogP contribution in [0.3, 0.4) is 0 Å². The zero-order chi connectivity index (χ0) is 20.5. The number of nitrogens with one attached hydrogen (secondary N) is 1. The molecule has 1 aliphatic heterocycles. The van der Waals surface area contributed by atoms with E-state index in [2.05, 4.69) is 10.4 Å². The van der Waals surface area contributed by atoms with Gasteiger partial charge in [0.2, 0.25) is 0 Å². The second-order valence-corrected chi connectivity index (χ2v) is 6.80. The van der Waals surface area contributed by atoms with Crippen molar-refractivity contribution in [1.82, 2.24) is 19.7 Å². The summed E-state index contributed by atoms with van der Waals surface area (Å²) in [5.41, 5.74) is -1.42. The lowest BCUT2D eigenvalue weighted by atomic mass is 10.1. The van der Waals surface area contributed by atoms with Crippen LogP contribution in [0.5, 0.6) is 5.75 Å².